The summed E-state index contributed by atoms with van der Waals surface area (Å²) in [7, 11) is 0. The Kier molecular flexibility index (Phi) is 6.45. The Labute approximate surface area is 199 Å². The summed E-state index contributed by atoms with van der Waals surface area (Å²) < 4.78 is 41.7. The first-order valence-corrected chi connectivity index (χ1v) is 10.3. The Hall–Kier alpha value is -3.97. The Balaban J connectivity index is 1.71. The van der Waals surface area contributed by atoms with E-state index in [4.69, 9.17) is 11.6 Å². The minimum Gasteiger partial charge on any atom is -0.478 e. The summed E-state index contributed by atoms with van der Waals surface area (Å²) >= 11 is 5.87. The molecular weight excluding hydrogens is 493 g/mol. The van der Waals surface area contributed by atoms with Crippen LogP contribution in [0.3, 0.4) is 0 Å². The summed E-state index contributed by atoms with van der Waals surface area (Å²) in [5.74, 6) is -1.25. The number of aromatic carboxylic acids is 1. The molecule has 2 N–H and O–H groups in total. The quantitative estimate of drug-likeness (QED) is 0.393. The molecule has 2 aromatic heterocycles. The Morgan fingerprint density at radius 3 is 2.43 bits per heavy atom. The van der Waals surface area contributed by atoms with Crippen LogP contribution in [-0.4, -0.2) is 57.6 Å². The number of carbonyl (C=O) groups is 1. The molecule has 1 atom stereocenters. The van der Waals surface area contributed by atoms with Crippen molar-refractivity contribution in [3.63, 3.8) is 0 Å². The number of halogens is 4. The molecule has 0 spiro atoms. The highest BCUT2D eigenvalue weighted by Crippen LogP contribution is 2.24. The van der Waals surface area contributed by atoms with Crippen LogP contribution < -0.4 is 5.69 Å². The molecule has 182 valence electrons. The molecule has 4 rings (SSSR count). The van der Waals surface area contributed by atoms with Crippen LogP contribution in [0.5, 0.6) is 0 Å². The molecule has 2 aromatic carbocycles. The van der Waals surface area contributed by atoms with Crippen molar-refractivity contribution in [3.8, 4) is 17.1 Å². The highest BCUT2D eigenvalue weighted by molar-refractivity contribution is 6.30. The van der Waals surface area contributed by atoms with Gasteiger partial charge in [0, 0.05) is 10.6 Å². The van der Waals surface area contributed by atoms with E-state index in [1.54, 1.807) is 12.1 Å². The topological polar surface area (TPSA) is 128 Å². The molecule has 0 fully saturated rings. The van der Waals surface area contributed by atoms with Crippen molar-refractivity contribution in [1.29, 1.82) is 0 Å². The van der Waals surface area contributed by atoms with Gasteiger partial charge in [0.25, 0.3) is 0 Å². The molecule has 35 heavy (non-hydrogen) atoms. The predicted molar refractivity (Wildman–Crippen MR) is 116 cm³/mol. The van der Waals surface area contributed by atoms with Crippen LogP contribution in [-0.2, 0) is 13.1 Å². The van der Waals surface area contributed by atoms with E-state index in [0.29, 0.717) is 15.2 Å². The molecule has 0 saturated carbocycles. The van der Waals surface area contributed by atoms with Crippen LogP contribution in [0.25, 0.3) is 17.1 Å². The van der Waals surface area contributed by atoms with Crippen LogP contribution in [0.15, 0.2) is 59.7 Å². The number of para-hydroxylation sites is 1. The normalized spacial score (nSPS) is 12.6. The summed E-state index contributed by atoms with van der Waals surface area (Å²) in [6.45, 7) is -1.40. The van der Waals surface area contributed by atoms with Gasteiger partial charge in [-0.05, 0) is 36.4 Å². The summed E-state index contributed by atoms with van der Waals surface area (Å²) in [5, 5.41) is 27.6. The summed E-state index contributed by atoms with van der Waals surface area (Å²) in [6, 6.07) is 12.0. The van der Waals surface area contributed by atoms with E-state index in [1.807, 2.05) is 0 Å². The number of nitrogens with zero attached hydrogens (tertiary/aromatic N) is 6. The SMILES string of the molecule is O=C(O)c1ccccc1-n1cnc(Cn2nc(-c3ccc(Cl)cc3)n(C[C@@H](O)C(F)(F)F)c2=O)n1. The number of hydrogen-bond donors (Lipinski definition) is 2. The number of carboxylic acid groups (broad SMARTS) is 1. The predicted octanol–water partition coefficient (Wildman–Crippen LogP) is 2.62. The molecule has 2 heterocycles. The van der Waals surface area contributed by atoms with Gasteiger partial charge in [-0.25, -0.2) is 23.9 Å². The van der Waals surface area contributed by atoms with E-state index in [2.05, 4.69) is 15.2 Å². The van der Waals surface area contributed by atoms with Crippen molar-refractivity contribution in [2.75, 3.05) is 0 Å². The lowest BCUT2D eigenvalue weighted by atomic mass is 10.2. The standard InChI is InChI=1S/C21H16ClF3N6O4/c22-13-7-5-12(6-8-13)18-28-30(20(35)29(18)9-16(32)21(23,24)25)10-17-26-11-31(27-17)15-4-2-1-3-14(15)19(33)34/h1-8,11,16,32H,9-10H2,(H,33,34)/t16-/m1/s1. The maximum Gasteiger partial charge on any atom is 0.416 e. The number of benzene rings is 2. The van der Waals surface area contributed by atoms with Gasteiger partial charge in [0.2, 0.25) is 0 Å². The maximum absolute atomic E-state index is 13.0. The Morgan fingerprint density at radius 2 is 1.77 bits per heavy atom. The number of aliphatic hydroxyl groups excluding tert-OH is 1. The molecule has 0 aliphatic rings. The van der Waals surface area contributed by atoms with Crippen LogP contribution in [0.4, 0.5) is 13.2 Å². The van der Waals surface area contributed by atoms with Gasteiger partial charge in [-0.3, -0.25) is 4.57 Å². The second-order valence-electron chi connectivity index (χ2n) is 7.37. The van der Waals surface area contributed by atoms with Gasteiger partial charge in [0.05, 0.1) is 17.8 Å². The fraction of sp³-hybridized carbons (Fsp3) is 0.190. The molecule has 10 nitrogen and oxygen atoms in total. The first-order chi connectivity index (χ1) is 16.5. The lowest BCUT2D eigenvalue weighted by molar-refractivity contribution is -0.207. The average Bonchev–Trinajstić information content (AvgIpc) is 3.39. The molecule has 0 aliphatic heterocycles. The summed E-state index contributed by atoms with van der Waals surface area (Å²) in [5.41, 5.74) is -0.433. The second kappa shape index (κ2) is 9.35. The molecule has 0 saturated heterocycles. The third-order valence-electron chi connectivity index (χ3n) is 4.97. The van der Waals surface area contributed by atoms with Gasteiger partial charge in [-0.1, -0.05) is 23.7 Å². The molecule has 14 heteroatoms. The lowest BCUT2D eigenvalue weighted by Gasteiger charge is -2.15. The van der Waals surface area contributed by atoms with E-state index in [-0.39, 0.29) is 29.4 Å². The third-order valence-corrected chi connectivity index (χ3v) is 5.22. The van der Waals surface area contributed by atoms with Gasteiger partial charge < -0.3 is 10.2 Å². The van der Waals surface area contributed by atoms with Crippen LogP contribution >= 0.6 is 11.6 Å². The second-order valence-corrected chi connectivity index (χ2v) is 7.80. The number of alkyl halides is 3. The van der Waals surface area contributed by atoms with Gasteiger partial charge in [-0.2, -0.15) is 13.2 Å². The monoisotopic (exact) mass is 508 g/mol. The van der Waals surface area contributed by atoms with E-state index >= 15 is 0 Å². The zero-order valence-electron chi connectivity index (χ0n) is 17.6. The minimum atomic E-state index is -4.95. The first kappa shape index (κ1) is 24.2. The summed E-state index contributed by atoms with van der Waals surface area (Å²) in [4.78, 5) is 28.5. The van der Waals surface area contributed by atoms with Gasteiger partial charge in [0.1, 0.15) is 12.9 Å². The van der Waals surface area contributed by atoms with Crippen molar-refractivity contribution in [3.05, 3.63) is 81.8 Å². The number of hydrogen-bond acceptors (Lipinski definition) is 6. The van der Waals surface area contributed by atoms with Crippen molar-refractivity contribution >= 4 is 17.6 Å². The van der Waals surface area contributed by atoms with E-state index in [0.717, 1.165) is 4.68 Å². The van der Waals surface area contributed by atoms with Crippen LogP contribution in [0, 0.1) is 0 Å². The van der Waals surface area contributed by atoms with E-state index in [1.165, 1.54) is 47.4 Å². The lowest BCUT2D eigenvalue weighted by Crippen LogP contribution is -2.37. The fourth-order valence-electron chi connectivity index (χ4n) is 3.27. The van der Waals surface area contributed by atoms with Crippen LogP contribution in [0.1, 0.15) is 16.2 Å². The Bertz CT molecular complexity index is 1430. The molecular formula is C21H16ClF3N6O4. The molecule has 0 bridgehead atoms. The maximum atomic E-state index is 13.0. The van der Waals surface area contributed by atoms with Gasteiger partial charge in [0.15, 0.2) is 17.8 Å². The smallest absolute Gasteiger partial charge is 0.416 e. The average molecular weight is 509 g/mol. The number of aromatic nitrogens is 6. The zero-order valence-corrected chi connectivity index (χ0v) is 18.3. The molecule has 4 aromatic rings. The minimum absolute atomic E-state index is 0.0310. The van der Waals surface area contributed by atoms with Crippen molar-refractivity contribution in [2.24, 2.45) is 0 Å². The van der Waals surface area contributed by atoms with Crippen molar-refractivity contribution in [2.45, 2.75) is 25.4 Å². The third kappa shape index (κ3) is 5.10. The number of carboxylic acids is 1. The molecule has 0 unspecified atom stereocenters. The highest BCUT2D eigenvalue weighted by Gasteiger charge is 2.39. The van der Waals surface area contributed by atoms with Gasteiger partial charge in [-0.15, -0.1) is 10.2 Å². The van der Waals surface area contributed by atoms with Crippen molar-refractivity contribution < 1.29 is 28.2 Å². The molecule has 0 radical (unpaired) electrons. The largest absolute Gasteiger partial charge is 0.478 e. The first-order valence-electron chi connectivity index (χ1n) is 9.96. The highest BCUT2D eigenvalue weighted by atomic mass is 35.5. The Morgan fingerprint density at radius 1 is 1.09 bits per heavy atom. The van der Waals surface area contributed by atoms with Crippen LogP contribution in [0.2, 0.25) is 5.02 Å². The molecule has 0 aliphatic carbocycles. The van der Waals surface area contributed by atoms with E-state index < -0.39 is 30.5 Å². The zero-order chi connectivity index (χ0) is 25.3. The van der Waals surface area contributed by atoms with Gasteiger partial charge >= 0.3 is 17.8 Å². The van der Waals surface area contributed by atoms with Crippen molar-refractivity contribution in [1.82, 2.24) is 29.1 Å². The van der Waals surface area contributed by atoms with E-state index in [9.17, 15) is 33.0 Å². The number of rotatable bonds is 7. The molecule has 0 amide bonds. The summed E-state index contributed by atoms with van der Waals surface area (Å²) in [6.07, 6.45) is -6.50. The number of aliphatic hydroxyl groups is 1. The fourth-order valence-corrected chi connectivity index (χ4v) is 3.40.